The largest absolute Gasteiger partial charge is 0.374 e. The summed E-state index contributed by atoms with van der Waals surface area (Å²) in [6.07, 6.45) is 8.54. The first-order chi connectivity index (χ1) is 11.4. The lowest BCUT2D eigenvalue weighted by Gasteiger charge is -2.51. The Labute approximate surface area is 157 Å². The summed E-state index contributed by atoms with van der Waals surface area (Å²) in [5, 5.41) is 0. The molecule has 1 aliphatic heterocycles. The lowest BCUT2D eigenvalue weighted by molar-refractivity contribution is 0.00272. The monoisotopic (exact) mass is 345 g/mol. The maximum Gasteiger partial charge on any atom is 0.0226 e. The Morgan fingerprint density at radius 3 is 2.12 bits per heavy atom. The summed E-state index contributed by atoms with van der Waals surface area (Å²) >= 11 is 0. The molecule has 25 heavy (non-hydrogen) atoms. The zero-order valence-corrected chi connectivity index (χ0v) is 18.3. The fourth-order valence-electron chi connectivity index (χ4n) is 6.16. The smallest absolute Gasteiger partial charge is 0.0226 e. The number of nitrogens with zero attached hydrogens (tertiary/aromatic N) is 1. The summed E-state index contributed by atoms with van der Waals surface area (Å²) in [6.45, 7) is 22.5. The fraction of sp³-hybridized carbons (Fsp3) is 0.917. The molecule has 0 radical (unpaired) electrons. The van der Waals surface area contributed by atoms with Crippen LogP contribution in [0.25, 0.3) is 0 Å². The summed E-state index contributed by atoms with van der Waals surface area (Å²) in [4.78, 5) is 2.82. The Morgan fingerprint density at radius 1 is 1.00 bits per heavy atom. The zero-order chi connectivity index (χ0) is 18.6. The molecular formula is C24H43N. The molecule has 1 heterocycles. The molecule has 2 atom stereocenters. The van der Waals surface area contributed by atoms with Crippen molar-refractivity contribution in [1.29, 1.82) is 0 Å². The number of piperidine rings is 1. The van der Waals surface area contributed by atoms with Gasteiger partial charge in [0.1, 0.15) is 0 Å². The standard InChI is InChI=1S/C24H43N/c1-17-13-21(18(2)23(17,5)6)25-15-20(14-22(3,4)16-25)24(7,8)19-11-9-10-12-19/h17,19-20H,9-16H2,1-8H3/t17-,20?/m1/s1. The van der Waals surface area contributed by atoms with Gasteiger partial charge in [-0.15, -0.1) is 0 Å². The first-order valence-electron chi connectivity index (χ1n) is 10.9. The number of allylic oxidation sites excluding steroid dienone is 2. The summed E-state index contributed by atoms with van der Waals surface area (Å²) in [5.41, 5.74) is 4.64. The van der Waals surface area contributed by atoms with E-state index in [9.17, 15) is 0 Å². The van der Waals surface area contributed by atoms with Crippen LogP contribution >= 0.6 is 0 Å². The predicted molar refractivity (Wildman–Crippen MR) is 109 cm³/mol. The fourth-order valence-corrected chi connectivity index (χ4v) is 6.16. The van der Waals surface area contributed by atoms with Crippen molar-refractivity contribution in [2.75, 3.05) is 13.1 Å². The van der Waals surface area contributed by atoms with Crippen LogP contribution in [-0.2, 0) is 0 Å². The third-order valence-electron chi connectivity index (χ3n) is 8.83. The number of rotatable bonds is 3. The molecular weight excluding hydrogens is 302 g/mol. The van der Waals surface area contributed by atoms with Gasteiger partial charge in [-0.1, -0.05) is 61.3 Å². The van der Waals surface area contributed by atoms with Crippen LogP contribution < -0.4 is 0 Å². The predicted octanol–water partition coefficient (Wildman–Crippen LogP) is 6.89. The van der Waals surface area contributed by atoms with Crippen molar-refractivity contribution in [3.8, 4) is 0 Å². The first-order valence-corrected chi connectivity index (χ1v) is 10.9. The van der Waals surface area contributed by atoms with Crippen LogP contribution in [0.15, 0.2) is 11.3 Å². The van der Waals surface area contributed by atoms with Crippen LogP contribution in [0.5, 0.6) is 0 Å². The average molecular weight is 346 g/mol. The second-order valence-corrected chi connectivity index (χ2v) is 11.6. The summed E-state index contributed by atoms with van der Waals surface area (Å²) in [7, 11) is 0. The highest BCUT2D eigenvalue weighted by Gasteiger charge is 2.46. The third-order valence-corrected chi connectivity index (χ3v) is 8.83. The van der Waals surface area contributed by atoms with Gasteiger partial charge in [0.25, 0.3) is 0 Å². The lowest BCUT2D eigenvalue weighted by atomic mass is 9.62. The van der Waals surface area contributed by atoms with E-state index >= 15 is 0 Å². The Morgan fingerprint density at radius 2 is 1.60 bits per heavy atom. The van der Waals surface area contributed by atoms with E-state index in [4.69, 9.17) is 0 Å². The van der Waals surface area contributed by atoms with E-state index in [1.165, 1.54) is 51.6 Å². The molecule has 0 amide bonds. The maximum absolute atomic E-state index is 2.82. The number of hydrogen-bond donors (Lipinski definition) is 0. The molecule has 0 aromatic rings. The Balaban J connectivity index is 1.86. The molecule has 0 spiro atoms. The van der Waals surface area contributed by atoms with E-state index in [1.807, 2.05) is 0 Å². The molecule has 2 aliphatic carbocycles. The zero-order valence-electron chi connectivity index (χ0n) is 18.3. The second kappa shape index (κ2) is 6.31. The van der Waals surface area contributed by atoms with Gasteiger partial charge in [0, 0.05) is 18.8 Å². The minimum Gasteiger partial charge on any atom is -0.374 e. The SMILES string of the molecule is CC1=C(N2CC(C(C)(C)C3CCCC3)CC(C)(C)C2)C[C@@H](C)C1(C)C. The van der Waals surface area contributed by atoms with Crippen molar-refractivity contribution >= 4 is 0 Å². The van der Waals surface area contributed by atoms with Gasteiger partial charge < -0.3 is 4.90 Å². The van der Waals surface area contributed by atoms with Gasteiger partial charge in [-0.05, 0) is 72.2 Å². The van der Waals surface area contributed by atoms with E-state index in [2.05, 4.69) is 60.3 Å². The minimum atomic E-state index is 0.368. The quantitative estimate of drug-likeness (QED) is 0.538. The molecule has 1 nitrogen and oxygen atoms in total. The summed E-state index contributed by atoms with van der Waals surface area (Å²) < 4.78 is 0. The average Bonchev–Trinajstić information content (AvgIpc) is 3.10. The van der Waals surface area contributed by atoms with Crippen LogP contribution in [0.2, 0.25) is 0 Å². The Hall–Kier alpha value is -0.460. The van der Waals surface area contributed by atoms with Crippen LogP contribution in [0.4, 0.5) is 0 Å². The summed E-state index contributed by atoms with van der Waals surface area (Å²) in [5.74, 6) is 2.55. The maximum atomic E-state index is 2.82. The number of likely N-dealkylation sites (tertiary alicyclic amines) is 1. The van der Waals surface area contributed by atoms with Crippen LogP contribution in [-0.4, -0.2) is 18.0 Å². The first kappa shape index (κ1) is 19.3. The molecule has 1 saturated carbocycles. The van der Waals surface area contributed by atoms with Crippen molar-refractivity contribution in [1.82, 2.24) is 4.90 Å². The van der Waals surface area contributed by atoms with Crippen LogP contribution in [0, 0.1) is 34.0 Å². The van der Waals surface area contributed by atoms with E-state index in [0.717, 1.165) is 17.8 Å². The van der Waals surface area contributed by atoms with Gasteiger partial charge in [0.05, 0.1) is 0 Å². The van der Waals surface area contributed by atoms with Crippen molar-refractivity contribution in [2.45, 2.75) is 93.9 Å². The number of hydrogen-bond acceptors (Lipinski definition) is 1. The minimum absolute atomic E-state index is 0.368. The van der Waals surface area contributed by atoms with E-state index < -0.39 is 0 Å². The normalized spacial score (nSPS) is 33.4. The van der Waals surface area contributed by atoms with E-state index in [1.54, 1.807) is 11.3 Å². The van der Waals surface area contributed by atoms with Crippen molar-refractivity contribution in [3.63, 3.8) is 0 Å². The molecule has 3 aliphatic rings. The molecule has 0 aromatic carbocycles. The van der Waals surface area contributed by atoms with Gasteiger partial charge >= 0.3 is 0 Å². The highest BCUT2D eigenvalue weighted by atomic mass is 15.2. The lowest BCUT2D eigenvalue weighted by Crippen LogP contribution is -2.49. The van der Waals surface area contributed by atoms with Crippen molar-refractivity contribution in [3.05, 3.63) is 11.3 Å². The van der Waals surface area contributed by atoms with Gasteiger partial charge in [0.15, 0.2) is 0 Å². The van der Waals surface area contributed by atoms with Crippen molar-refractivity contribution < 1.29 is 0 Å². The van der Waals surface area contributed by atoms with Crippen LogP contribution in [0.3, 0.4) is 0 Å². The highest BCUT2D eigenvalue weighted by molar-refractivity contribution is 5.27. The topological polar surface area (TPSA) is 3.24 Å². The van der Waals surface area contributed by atoms with Gasteiger partial charge in [-0.3, -0.25) is 0 Å². The molecule has 3 rings (SSSR count). The second-order valence-electron chi connectivity index (χ2n) is 11.6. The van der Waals surface area contributed by atoms with Gasteiger partial charge in [0.2, 0.25) is 0 Å². The van der Waals surface area contributed by atoms with Crippen molar-refractivity contribution in [2.24, 2.45) is 34.0 Å². The Kier molecular flexibility index (Phi) is 4.87. The molecule has 1 heteroatoms. The molecule has 0 bridgehead atoms. The van der Waals surface area contributed by atoms with Gasteiger partial charge in [-0.2, -0.15) is 0 Å². The van der Waals surface area contributed by atoms with E-state index in [0.29, 0.717) is 16.2 Å². The molecule has 1 saturated heterocycles. The van der Waals surface area contributed by atoms with E-state index in [-0.39, 0.29) is 0 Å². The molecule has 1 unspecified atom stereocenters. The van der Waals surface area contributed by atoms with Gasteiger partial charge in [-0.25, -0.2) is 0 Å². The highest BCUT2D eigenvalue weighted by Crippen LogP contribution is 2.53. The third kappa shape index (κ3) is 3.42. The molecule has 0 aromatic heterocycles. The van der Waals surface area contributed by atoms with Crippen LogP contribution in [0.1, 0.15) is 93.9 Å². The molecule has 2 fully saturated rings. The summed E-state index contributed by atoms with van der Waals surface area (Å²) in [6, 6.07) is 0. The Bertz CT molecular complexity index is 530. The molecule has 144 valence electrons. The molecule has 0 N–H and O–H groups in total.